The largest absolute Gasteiger partial charge is 0.493 e. The number of hydrogen-bond donors (Lipinski definition) is 1. The van der Waals surface area contributed by atoms with Crippen molar-refractivity contribution in [2.24, 2.45) is 0 Å². The lowest BCUT2D eigenvalue weighted by molar-refractivity contribution is 0.0944. The molecule has 0 unspecified atom stereocenters. The Labute approximate surface area is 132 Å². The molecule has 110 valence electrons. The van der Waals surface area contributed by atoms with E-state index in [1.807, 2.05) is 13.0 Å². The fourth-order valence-electron chi connectivity index (χ4n) is 2.50. The number of thiophene rings is 1. The highest BCUT2D eigenvalue weighted by Gasteiger charge is 2.15. The zero-order valence-corrected chi connectivity index (χ0v) is 13.3. The van der Waals surface area contributed by atoms with E-state index in [0.29, 0.717) is 9.21 Å². The highest BCUT2D eigenvalue weighted by atomic mass is 35.5. The molecular weight excluding hydrogens is 306 g/mol. The van der Waals surface area contributed by atoms with Gasteiger partial charge in [-0.2, -0.15) is 0 Å². The van der Waals surface area contributed by atoms with Crippen LogP contribution in [0.25, 0.3) is 0 Å². The van der Waals surface area contributed by atoms with Crippen LogP contribution in [0.2, 0.25) is 4.34 Å². The van der Waals surface area contributed by atoms with Crippen LogP contribution < -0.4 is 10.1 Å². The van der Waals surface area contributed by atoms with E-state index in [4.69, 9.17) is 16.3 Å². The van der Waals surface area contributed by atoms with Crippen LogP contribution in [0, 0.1) is 0 Å². The van der Waals surface area contributed by atoms with Gasteiger partial charge in [0, 0.05) is 12.5 Å². The first-order valence-corrected chi connectivity index (χ1v) is 8.12. The van der Waals surface area contributed by atoms with Crippen LogP contribution in [0.4, 0.5) is 0 Å². The molecule has 0 saturated carbocycles. The van der Waals surface area contributed by atoms with Gasteiger partial charge in [0.2, 0.25) is 0 Å². The van der Waals surface area contributed by atoms with Crippen LogP contribution in [0.3, 0.4) is 0 Å². The van der Waals surface area contributed by atoms with Gasteiger partial charge in [-0.05, 0) is 42.7 Å². The first-order valence-electron chi connectivity index (χ1n) is 6.92. The molecule has 1 aliphatic rings. The summed E-state index contributed by atoms with van der Waals surface area (Å²) in [5, 5.41) is 3.01. The molecule has 2 aromatic rings. The number of ether oxygens (including phenoxy) is 1. The molecule has 3 rings (SSSR count). The average Bonchev–Trinajstić information content (AvgIpc) is 3.06. The molecule has 5 heteroatoms. The maximum Gasteiger partial charge on any atom is 0.261 e. The Hall–Kier alpha value is -1.52. The van der Waals surface area contributed by atoms with E-state index < -0.39 is 0 Å². The third-order valence-corrected chi connectivity index (χ3v) is 4.70. The first kappa shape index (κ1) is 14.4. The van der Waals surface area contributed by atoms with Crippen molar-refractivity contribution < 1.29 is 9.53 Å². The Balaban J connectivity index is 1.61. The van der Waals surface area contributed by atoms with Crippen molar-refractivity contribution in [1.82, 2.24) is 5.32 Å². The van der Waals surface area contributed by atoms with Crippen molar-refractivity contribution in [2.45, 2.75) is 25.8 Å². The highest BCUT2D eigenvalue weighted by molar-refractivity contribution is 7.17. The molecule has 1 N–H and O–H groups in total. The monoisotopic (exact) mass is 321 g/mol. The fourth-order valence-corrected chi connectivity index (χ4v) is 3.45. The number of nitrogens with one attached hydrogen (secondary N) is 1. The third kappa shape index (κ3) is 3.39. The Morgan fingerprint density at radius 3 is 3.05 bits per heavy atom. The molecule has 0 fully saturated rings. The predicted molar refractivity (Wildman–Crippen MR) is 85.6 cm³/mol. The van der Waals surface area contributed by atoms with Crippen molar-refractivity contribution in [1.29, 1.82) is 0 Å². The van der Waals surface area contributed by atoms with Gasteiger partial charge in [0.1, 0.15) is 5.75 Å². The van der Waals surface area contributed by atoms with Gasteiger partial charge in [0.15, 0.2) is 0 Å². The van der Waals surface area contributed by atoms with Crippen molar-refractivity contribution in [3.8, 4) is 5.75 Å². The molecule has 0 aliphatic carbocycles. The Bertz CT molecular complexity index is 668. The normalized spacial score (nSPS) is 14.4. The summed E-state index contributed by atoms with van der Waals surface area (Å²) in [7, 11) is 0. The predicted octanol–water partition coefficient (Wildman–Crippen LogP) is 3.70. The minimum atomic E-state index is -0.0658. The topological polar surface area (TPSA) is 38.3 Å². The van der Waals surface area contributed by atoms with E-state index in [1.54, 1.807) is 12.1 Å². The molecule has 1 amide bonds. The number of halogens is 1. The van der Waals surface area contributed by atoms with Gasteiger partial charge in [0.05, 0.1) is 15.8 Å². The van der Waals surface area contributed by atoms with Gasteiger partial charge in [-0.3, -0.25) is 4.79 Å². The second kappa shape index (κ2) is 6.08. The van der Waals surface area contributed by atoms with E-state index in [0.717, 1.165) is 25.2 Å². The summed E-state index contributed by atoms with van der Waals surface area (Å²) >= 11 is 7.15. The summed E-state index contributed by atoms with van der Waals surface area (Å²) in [5.74, 6) is 0.924. The van der Waals surface area contributed by atoms with E-state index in [9.17, 15) is 4.79 Å². The lowest BCUT2D eigenvalue weighted by Gasteiger charge is -2.14. The molecule has 2 heterocycles. The summed E-state index contributed by atoms with van der Waals surface area (Å²) in [4.78, 5) is 12.7. The summed E-state index contributed by atoms with van der Waals surface area (Å²) < 4.78 is 6.13. The van der Waals surface area contributed by atoms with Gasteiger partial charge in [-0.25, -0.2) is 0 Å². The van der Waals surface area contributed by atoms with E-state index >= 15 is 0 Å². The summed E-state index contributed by atoms with van der Waals surface area (Å²) in [6.45, 7) is 2.78. The lowest BCUT2D eigenvalue weighted by Crippen LogP contribution is -2.33. The van der Waals surface area contributed by atoms with Crippen molar-refractivity contribution in [3.05, 3.63) is 50.7 Å². The van der Waals surface area contributed by atoms with Gasteiger partial charge >= 0.3 is 0 Å². The number of carbonyl (C=O) groups is 1. The number of rotatable bonds is 4. The Morgan fingerprint density at radius 1 is 1.43 bits per heavy atom. The smallest absolute Gasteiger partial charge is 0.261 e. The summed E-state index contributed by atoms with van der Waals surface area (Å²) in [5.41, 5.74) is 2.48. The minimum Gasteiger partial charge on any atom is -0.493 e. The van der Waals surface area contributed by atoms with E-state index in [-0.39, 0.29) is 11.9 Å². The molecule has 0 radical (unpaired) electrons. The molecule has 0 spiro atoms. The van der Waals surface area contributed by atoms with Crippen LogP contribution >= 0.6 is 22.9 Å². The van der Waals surface area contributed by atoms with Gasteiger partial charge < -0.3 is 10.1 Å². The molecule has 1 atom stereocenters. The molecule has 1 aliphatic heterocycles. The van der Waals surface area contributed by atoms with Gasteiger partial charge in [0.25, 0.3) is 5.91 Å². The number of hydrogen-bond acceptors (Lipinski definition) is 3. The number of fused-ring (bicyclic) bond motifs is 1. The molecule has 3 nitrogen and oxygen atoms in total. The standard InChI is InChI=1S/C16H16ClNO2S/c1-10(18-16(19)14-4-5-15(17)21-14)8-11-2-3-13-12(9-11)6-7-20-13/h2-5,9-10H,6-8H2,1H3,(H,18,19)/t10-/m1/s1. The number of amides is 1. The first-order chi connectivity index (χ1) is 10.1. The SMILES string of the molecule is C[C@H](Cc1ccc2c(c1)CCO2)NC(=O)c1ccc(Cl)s1. The fraction of sp³-hybridized carbons (Fsp3) is 0.312. The molecule has 0 bridgehead atoms. The van der Waals surface area contributed by atoms with Crippen LogP contribution in [-0.2, 0) is 12.8 Å². The second-order valence-corrected chi connectivity index (χ2v) is 6.94. The Kier molecular flexibility index (Phi) is 4.17. The van der Waals surface area contributed by atoms with E-state index in [2.05, 4.69) is 17.4 Å². The van der Waals surface area contributed by atoms with Gasteiger partial charge in [-0.1, -0.05) is 23.7 Å². The van der Waals surface area contributed by atoms with Crippen molar-refractivity contribution >= 4 is 28.8 Å². The molecular formula is C16H16ClNO2S. The number of carbonyl (C=O) groups excluding carboxylic acids is 1. The van der Waals surface area contributed by atoms with Crippen molar-refractivity contribution in [2.75, 3.05) is 6.61 Å². The average molecular weight is 322 g/mol. The Morgan fingerprint density at radius 2 is 2.29 bits per heavy atom. The second-order valence-electron chi connectivity index (χ2n) is 5.22. The quantitative estimate of drug-likeness (QED) is 0.932. The van der Waals surface area contributed by atoms with Crippen LogP contribution in [0.5, 0.6) is 5.75 Å². The molecule has 1 aromatic heterocycles. The summed E-state index contributed by atoms with van der Waals surface area (Å²) in [6, 6.07) is 9.82. The number of benzene rings is 1. The minimum absolute atomic E-state index is 0.0658. The van der Waals surface area contributed by atoms with Crippen LogP contribution in [0.15, 0.2) is 30.3 Å². The molecule has 21 heavy (non-hydrogen) atoms. The van der Waals surface area contributed by atoms with Crippen LogP contribution in [0.1, 0.15) is 27.7 Å². The van der Waals surface area contributed by atoms with Crippen LogP contribution in [-0.4, -0.2) is 18.6 Å². The maximum atomic E-state index is 12.1. The van der Waals surface area contributed by atoms with E-state index in [1.165, 1.54) is 22.5 Å². The lowest BCUT2D eigenvalue weighted by atomic mass is 10.0. The van der Waals surface area contributed by atoms with Crippen molar-refractivity contribution in [3.63, 3.8) is 0 Å². The summed E-state index contributed by atoms with van der Waals surface area (Å²) in [6.07, 6.45) is 1.77. The zero-order valence-electron chi connectivity index (χ0n) is 11.7. The maximum absolute atomic E-state index is 12.1. The highest BCUT2D eigenvalue weighted by Crippen LogP contribution is 2.26. The van der Waals surface area contributed by atoms with Gasteiger partial charge in [-0.15, -0.1) is 11.3 Å². The molecule has 1 aromatic carbocycles. The zero-order chi connectivity index (χ0) is 14.8. The third-order valence-electron chi connectivity index (χ3n) is 3.47. The molecule has 0 saturated heterocycles.